The summed E-state index contributed by atoms with van der Waals surface area (Å²) in [4.78, 5) is 22.7. The van der Waals surface area contributed by atoms with Gasteiger partial charge < -0.3 is 9.64 Å². The molecule has 2 rings (SSSR count). The van der Waals surface area contributed by atoms with Crippen LogP contribution in [0.3, 0.4) is 0 Å². The molecule has 2 heterocycles. The molecule has 0 N–H and O–H groups in total. The Bertz CT molecular complexity index is 561. The zero-order valence-electron chi connectivity index (χ0n) is 14.6. The Balaban J connectivity index is 2.16. The van der Waals surface area contributed by atoms with E-state index < -0.39 is 5.60 Å². The summed E-state index contributed by atoms with van der Waals surface area (Å²) in [6.45, 7) is 11.3. The number of rotatable bonds is 2. The number of ether oxygens (including phenoxy) is 1. The summed E-state index contributed by atoms with van der Waals surface area (Å²) < 4.78 is 5.47. The van der Waals surface area contributed by atoms with Gasteiger partial charge in [0.05, 0.1) is 5.69 Å². The van der Waals surface area contributed by atoms with E-state index in [9.17, 15) is 4.79 Å². The van der Waals surface area contributed by atoms with Crippen LogP contribution in [0.5, 0.6) is 0 Å². The fraction of sp³-hybridized carbons (Fsp3) is 0.706. The minimum Gasteiger partial charge on any atom is -0.444 e. The van der Waals surface area contributed by atoms with Crippen molar-refractivity contribution < 1.29 is 9.53 Å². The van der Waals surface area contributed by atoms with Crippen LogP contribution in [0, 0.1) is 5.92 Å². The molecule has 0 aromatic carbocycles. The highest BCUT2D eigenvalue weighted by Crippen LogP contribution is 2.43. The number of nitrogens with zero attached hydrogens (tertiary/aromatic N) is 3. The van der Waals surface area contributed by atoms with Gasteiger partial charge in [-0.2, -0.15) is 0 Å². The summed E-state index contributed by atoms with van der Waals surface area (Å²) >= 11 is 6.30. The van der Waals surface area contributed by atoms with E-state index in [4.69, 9.17) is 16.3 Å². The van der Waals surface area contributed by atoms with Gasteiger partial charge in [0.15, 0.2) is 5.15 Å². The molecule has 1 aromatic rings. The van der Waals surface area contributed by atoms with Gasteiger partial charge in [-0.05, 0) is 39.5 Å². The molecule has 1 saturated heterocycles. The lowest BCUT2D eigenvalue weighted by Gasteiger charge is -2.44. The lowest BCUT2D eigenvalue weighted by Crippen LogP contribution is -2.49. The normalized spacial score (nSPS) is 18.1. The number of carbonyl (C=O) groups excluding carboxylic acids is 1. The van der Waals surface area contributed by atoms with Gasteiger partial charge in [0, 0.05) is 30.9 Å². The molecule has 0 spiro atoms. The number of halogens is 1. The topological polar surface area (TPSA) is 55.3 Å². The van der Waals surface area contributed by atoms with Gasteiger partial charge in [-0.3, -0.25) is 4.98 Å². The zero-order valence-corrected chi connectivity index (χ0v) is 15.4. The summed E-state index contributed by atoms with van der Waals surface area (Å²) in [7, 11) is 0. The van der Waals surface area contributed by atoms with Gasteiger partial charge in [-0.1, -0.05) is 25.4 Å². The highest BCUT2D eigenvalue weighted by Gasteiger charge is 2.43. The van der Waals surface area contributed by atoms with E-state index in [1.165, 1.54) is 0 Å². The second kappa shape index (κ2) is 6.63. The molecule has 0 aliphatic carbocycles. The zero-order chi connectivity index (χ0) is 17.3. The third kappa shape index (κ3) is 3.94. The van der Waals surface area contributed by atoms with Crippen molar-refractivity contribution in [2.45, 2.75) is 58.5 Å². The van der Waals surface area contributed by atoms with Gasteiger partial charge in [-0.15, -0.1) is 0 Å². The van der Waals surface area contributed by atoms with Gasteiger partial charge in [0.25, 0.3) is 0 Å². The van der Waals surface area contributed by atoms with Crippen molar-refractivity contribution in [1.29, 1.82) is 0 Å². The second-order valence-corrected chi connectivity index (χ2v) is 7.83. The molecule has 1 aliphatic heterocycles. The van der Waals surface area contributed by atoms with Crippen LogP contribution < -0.4 is 0 Å². The molecule has 6 heteroatoms. The maximum Gasteiger partial charge on any atom is 0.410 e. The van der Waals surface area contributed by atoms with E-state index in [0.29, 0.717) is 24.2 Å². The van der Waals surface area contributed by atoms with Crippen molar-refractivity contribution in [2.75, 3.05) is 13.1 Å². The number of carbonyl (C=O) groups is 1. The molecule has 1 fully saturated rings. The summed E-state index contributed by atoms with van der Waals surface area (Å²) in [5.41, 5.74) is 0.224. The Hall–Kier alpha value is -1.36. The Kier molecular flexibility index (Phi) is 5.19. The van der Waals surface area contributed by atoms with E-state index in [1.807, 2.05) is 20.8 Å². The van der Waals surface area contributed by atoms with Gasteiger partial charge in [0.1, 0.15) is 5.60 Å². The Labute approximate surface area is 143 Å². The quantitative estimate of drug-likeness (QED) is 0.815. The van der Waals surface area contributed by atoms with E-state index in [2.05, 4.69) is 23.8 Å². The van der Waals surface area contributed by atoms with Crippen LogP contribution in [0.1, 0.15) is 53.2 Å². The first kappa shape index (κ1) is 18.0. The van der Waals surface area contributed by atoms with Gasteiger partial charge >= 0.3 is 6.09 Å². The Morgan fingerprint density at radius 2 is 1.83 bits per heavy atom. The summed E-state index contributed by atoms with van der Waals surface area (Å²) in [6.07, 6.45) is 4.66. The molecular weight excluding hydrogens is 314 g/mol. The third-order valence-corrected chi connectivity index (χ3v) is 4.81. The van der Waals surface area contributed by atoms with Crippen LogP contribution in [0.25, 0.3) is 0 Å². The molecule has 5 nitrogen and oxygen atoms in total. The maximum absolute atomic E-state index is 12.2. The first-order valence-electron chi connectivity index (χ1n) is 8.10. The average Bonchev–Trinajstić information content (AvgIpc) is 2.46. The lowest BCUT2D eigenvalue weighted by molar-refractivity contribution is 0.0131. The van der Waals surface area contributed by atoms with Crippen LogP contribution in [0.15, 0.2) is 12.4 Å². The first-order chi connectivity index (χ1) is 10.7. The molecule has 1 aliphatic rings. The van der Waals surface area contributed by atoms with Crippen molar-refractivity contribution in [2.24, 2.45) is 5.92 Å². The lowest BCUT2D eigenvalue weighted by atomic mass is 9.68. The van der Waals surface area contributed by atoms with E-state index in [1.54, 1.807) is 17.3 Å². The molecular formula is C17H26ClN3O2. The first-order valence-corrected chi connectivity index (χ1v) is 8.48. The molecule has 1 amide bonds. The standard InChI is InChI=1S/C17H26ClN3O2/c1-12(2)17(13-14(18)20-9-8-19-13)6-10-21(11-7-17)15(22)23-16(3,4)5/h8-9,12H,6-7,10-11H2,1-5H3. The smallest absolute Gasteiger partial charge is 0.410 e. The van der Waals surface area contributed by atoms with Crippen LogP contribution in [-0.2, 0) is 10.2 Å². The molecule has 0 bridgehead atoms. The average molecular weight is 340 g/mol. The summed E-state index contributed by atoms with van der Waals surface area (Å²) in [6, 6.07) is 0. The number of piperidine rings is 1. The van der Waals surface area contributed by atoms with E-state index in [-0.39, 0.29) is 11.5 Å². The predicted molar refractivity (Wildman–Crippen MR) is 90.6 cm³/mol. The monoisotopic (exact) mass is 339 g/mol. The van der Waals surface area contributed by atoms with Crippen LogP contribution in [0.4, 0.5) is 4.79 Å². The number of hydrogen-bond donors (Lipinski definition) is 0. The van der Waals surface area contributed by atoms with Crippen LogP contribution in [0.2, 0.25) is 5.15 Å². The fourth-order valence-electron chi connectivity index (χ4n) is 3.16. The minimum absolute atomic E-state index is 0.149. The SMILES string of the molecule is CC(C)C1(c2nccnc2Cl)CCN(C(=O)OC(C)(C)C)CC1. The molecule has 0 radical (unpaired) electrons. The summed E-state index contributed by atoms with van der Waals surface area (Å²) in [5, 5.41) is 0.465. The largest absolute Gasteiger partial charge is 0.444 e. The molecule has 23 heavy (non-hydrogen) atoms. The van der Waals surface area contributed by atoms with E-state index in [0.717, 1.165) is 18.5 Å². The van der Waals surface area contributed by atoms with Gasteiger partial charge in [-0.25, -0.2) is 9.78 Å². The minimum atomic E-state index is -0.474. The third-order valence-electron chi connectivity index (χ3n) is 4.54. The number of hydrogen-bond acceptors (Lipinski definition) is 4. The summed E-state index contributed by atoms with van der Waals surface area (Å²) in [5.74, 6) is 0.359. The fourth-order valence-corrected chi connectivity index (χ4v) is 3.45. The molecule has 0 saturated carbocycles. The van der Waals surface area contributed by atoms with Crippen molar-refractivity contribution in [3.63, 3.8) is 0 Å². The number of aromatic nitrogens is 2. The molecule has 0 atom stereocenters. The van der Waals surface area contributed by atoms with E-state index >= 15 is 0 Å². The number of amides is 1. The van der Waals surface area contributed by atoms with Crippen molar-refractivity contribution in [1.82, 2.24) is 14.9 Å². The van der Waals surface area contributed by atoms with Crippen molar-refractivity contribution in [3.8, 4) is 0 Å². The Morgan fingerprint density at radius 1 is 1.26 bits per heavy atom. The highest BCUT2D eigenvalue weighted by molar-refractivity contribution is 6.30. The van der Waals surface area contributed by atoms with Gasteiger partial charge in [0.2, 0.25) is 0 Å². The molecule has 1 aromatic heterocycles. The van der Waals surface area contributed by atoms with Crippen molar-refractivity contribution >= 4 is 17.7 Å². The Morgan fingerprint density at radius 3 is 2.30 bits per heavy atom. The second-order valence-electron chi connectivity index (χ2n) is 7.47. The van der Waals surface area contributed by atoms with Crippen molar-refractivity contribution in [3.05, 3.63) is 23.2 Å². The maximum atomic E-state index is 12.2. The number of likely N-dealkylation sites (tertiary alicyclic amines) is 1. The van der Waals surface area contributed by atoms with Crippen LogP contribution in [-0.4, -0.2) is 39.7 Å². The molecule has 128 valence electrons. The highest BCUT2D eigenvalue weighted by atomic mass is 35.5. The molecule has 0 unspecified atom stereocenters. The predicted octanol–water partition coefficient (Wildman–Crippen LogP) is 4.05. The van der Waals surface area contributed by atoms with Crippen LogP contribution >= 0.6 is 11.6 Å².